The first-order chi connectivity index (χ1) is 14.9. The summed E-state index contributed by atoms with van der Waals surface area (Å²) in [6.07, 6.45) is -4.82. The molecule has 0 aliphatic carbocycles. The molecule has 3 rings (SSSR count). The van der Waals surface area contributed by atoms with Gasteiger partial charge in [0.1, 0.15) is 23.2 Å². The zero-order valence-electron chi connectivity index (χ0n) is 17.5. The maximum absolute atomic E-state index is 13.4. The van der Waals surface area contributed by atoms with E-state index in [0.29, 0.717) is 22.6 Å². The molecule has 0 saturated heterocycles. The van der Waals surface area contributed by atoms with Crippen LogP contribution < -0.4 is 15.4 Å². The van der Waals surface area contributed by atoms with Gasteiger partial charge in [-0.3, -0.25) is 0 Å². The van der Waals surface area contributed by atoms with Crippen molar-refractivity contribution < 1.29 is 26.7 Å². The van der Waals surface area contributed by atoms with Gasteiger partial charge in [0.25, 0.3) is 0 Å². The highest BCUT2D eigenvalue weighted by Crippen LogP contribution is 2.29. The Bertz CT molecular complexity index is 1080. The lowest BCUT2D eigenvalue weighted by Crippen LogP contribution is -2.27. The van der Waals surface area contributed by atoms with E-state index >= 15 is 0 Å². The van der Waals surface area contributed by atoms with Gasteiger partial charge in [0, 0.05) is 29.8 Å². The average molecular weight is 452 g/mol. The Balaban J connectivity index is 1.93. The Morgan fingerprint density at radius 3 is 2.22 bits per heavy atom. The molecule has 0 amide bonds. The number of aromatic nitrogens is 2. The lowest BCUT2D eigenvalue weighted by Gasteiger charge is -2.21. The summed E-state index contributed by atoms with van der Waals surface area (Å²) in [5.74, 6) is -1.26. The van der Waals surface area contributed by atoms with Gasteiger partial charge in [-0.15, -0.1) is 13.2 Å². The summed E-state index contributed by atoms with van der Waals surface area (Å²) in [7, 11) is 0. The Hall–Kier alpha value is -3.43. The van der Waals surface area contributed by atoms with Crippen molar-refractivity contribution in [2.24, 2.45) is 0 Å². The minimum atomic E-state index is -4.82. The highest BCUT2D eigenvalue weighted by atomic mass is 19.4. The molecule has 0 unspecified atom stereocenters. The standard InChI is InChI=1S/C22H21F5N4O/c1-21(2,3)31-20-29-18(14-5-4-6-17(9-14)32-22(25,26)27)11-19(30-20)28-12-13-7-15(23)10-16(24)8-13/h4-11H,12H2,1-3H3,(H2,28,29,30,31). The van der Waals surface area contributed by atoms with Gasteiger partial charge < -0.3 is 15.4 Å². The molecule has 2 aromatic carbocycles. The van der Waals surface area contributed by atoms with Gasteiger partial charge in [0.2, 0.25) is 5.95 Å². The second kappa shape index (κ2) is 8.97. The quantitative estimate of drug-likeness (QED) is 0.440. The largest absolute Gasteiger partial charge is 0.573 e. The third kappa shape index (κ3) is 7.07. The molecule has 0 radical (unpaired) electrons. The number of nitrogens with zero attached hydrogens (tertiary/aromatic N) is 2. The van der Waals surface area contributed by atoms with E-state index in [1.807, 2.05) is 20.8 Å². The minimum absolute atomic E-state index is 0.0668. The molecule has 0 saturated carbocycles. The third-order valence-corrected chi connectivity index (χ3v) is 3.97. The predicted octanol–water partition coefficient (Wildman–Crippen LogP) is 6.14. The zero-order chi connectivity index (χ0) is 23.5. The molecule has 1 aromatic heterocycles. The molecule has 3 aromatic rings. The molecule has 1 heterocycles. The van der Waals surface area contributed by atoms with Crippen molar-refractivity contribution in [3.05, 3.63) is 65.7 Å². The molecule has 0 atom stereocenters. The van der Waals surface area contributed by atoms with Crippen LogP contribution >= 0.6 is 0 Å². The zero-order valence-corrected chi connectivity index (χ0v) is 17.5. The molecule has 0 bridgehead atoms. The van der Waals surface area contributed by atoms with Crippen LogP contribution in [0.1, 0.15) is 26.3 Å². The Morgan fingerprint density at radius 2 is 1.59 bits per heavy atom. The van der Waals surface area contributed by atoms with Gasteiger partial charge in [-0.25, -0.2) is 13.8 Å². The van der Waals surface area contributed by atoms with Gasteiger partial charge in [-0.2, -0.15) is 4.98 Å². The van der Waals surface area contributed by atoms with Crippen LogP contribution in [-0.4, -0.2) is 21.9 Å². The van der Waals surface area contributed by atoms with Crippen LogP contribution in [0.25, 0.3) is 11.3 Å². The molecule has 0 fully saturated rings. The highest BCUT2D eigenvalue weighted by molar-refractivity contribution is 5.66. The fourth-order valence-electron chi connectivity index (χ4n) is 2.84. The van der Waals surface area contributed by atoms with Crippen LogP contribution in [0.5, 0.6) is 5.75 Å². The van der Waals surface area contributed by atoms with Crippen molar-refractivity contribution in [3.8, 4) is 17.0 Å². The van der Waals surface area contributed by atoms with Crippen molar-refractivity contribution in [2.45, 2.75) is 39.2 Å². The number of anilines is 2. The number of halogens is 5. The lowest BCUT2D eigenvalue weighted by atomic mass is 10.1. The van der Waals surface area contributed by atoms with E-state index in [2.05, 4.69) is 25.3 Å². The smallest absolute Gasteiger partial charge is 0.406 e. The first-order valence-corrected chi connectivity index (χ1v) is 9.59. The molecule has 170 valence electrons. The molecule has 10 heteroatoms. The number of rotatable bonds is 6. The van der Waals surface area contributed by atoms with Gasteiger partial charge >= 0.3 is 6.36 Å². The first kappa shape index (κ1) is 23.2. The molecule has 5 nitrogen and oxygen atoms in total. The topological polar surface area (TPSA) is 59.1 Å². The molecule has 0 spiro atoms. The maximum Gasteiger partial charge on any atom is 0.573 e. The average Bonchev–Trinajstić information content (AvgIpc) is 2.63. The highest BCUT2D eigenvalue weighted by Gasteiger charge is 2.31. The van der Waals surface area contributed by atoms with Gasteiger partial charge in [0.05, 0.1) is 5.69 Å². The van der Waals surface area contributed by atoms with E-state index in [9.17, 15) is 22.0 Å². The van der Waals surface area contributed by atoms with Crippen LogP contribution in [0, 0.1) is 11.6 Å². The monoisotopic (exact) mass is 452 g/mol. The van der Waals surface area contributed by atoms with Crippen LogP contribution in [0.2, 0.25) is 0 Å². The molecule has 32 heavy (non-hydrogen) atoms. The van der Waals surface area contributed by atoms with E-state index in [0.717, 1.165) is 6.07 Å². The van der Waals surface area contributed by atoms with E-state index < -0.39 is 23.5 Å². The van der Waals surface area contributed by atoms with Crippen LogP contribution in [-0.2, 0) is 6.54 Å². The summed E-state index contributed by atoms with van der Waals surface area (Å²) in [5.41, 5.74) is 0.648. The van der Waals surface area contributed by atoms with Crippen molar-refractivity contribution in [1.29, 1.82) is 0 Å². The van der Waals surface area contributed by atoms with E-state index in [1.54, 1.807) is 6.07 Å². The summed E-state index contributed by atoms with van der Waals surface area (Å²) >= 11 is 0. The van der Waals surface area contributed by atoms with Crippen LogP contribution in [0.15, 0.2) is 48.5 Å². The summed E-state index contributed by atoms with van der Waals surface area (Å²) < 4.78 is 68.6. The summed E-state index contributed by atoms with van der Waals surface area (Å²) in [6, 6.07) is 10.1. The van der Waals surface area contributed by atoms with Crippen molar-refractivity contribution in [2.75, 3.05) is 10.6 Å². The van der Waals surface area contributed by atoms with Gasteiger partial charge in [-0.1, -0.05) is 12.1 Å². The SMILES string of the molecule is CC(C)(C)Nc1nc(NCc2cc(F)cc(F)c2)cc(-c2cccc(OC(F)(F)F)c2)n1. The fraction of sp³-hybridized carbons (Fsp3) is 0.273. The summed E-state index contributed by atoms with van der Waals surface area (Å²) in [4.78, 5) is 8.74. The second-order valence-corrected chi connectivity index (χ2v) is 8.04. The fourth-order valence-corrected chi connectivity index (χ4v) is 2.84. The minimum Gasteiger partial charge on any atom is -0.406 e. The molecule has 2 N–H and O–H groups in total. The van der Waals surface area contributed by atoms with E-state index in [-0.39, 0.29) is 18.2 Å². The number of nitrogens with one attached hydrogen (secondary N) is 2. The van der Waals surface area contributed by atoms with Gasteiger partial charge in [0.15, 0.2) is 0 Å². The van der Waals surface area contributed by atoms with Crippen molar-refractivity contribution in [3.63, 3.8) is 0 Å². The summed E-state index contributed by atoms with van der Waals surface area (Å²) in [6.45, 7) is 5.74. The van der Waals surface area contributed by atoms with E-state index in [1.165, 1.54) is 36.4 Å². The number of hydrogen-bond acceptors (Lipinski definition) is 5. The van der Waals surface area contributed by atoms with Crippen molar-refractivity contribution in [1.82, 2.24) is 9.97 Å². The number of ether oxygens (including phenoxy) is 1. The maximum atomic E-state index is 13.4. The Kier molecular flexibility index (Phi) is 6.52. The molecular weight excluding hydrogens is 431 g/mol. The van der Waals surface area contributed by atoms with Crippen LogP contribution in [0.4, 0.5) is 33.7 Å². The Labute approximate surface area is 181 Å². The number of alkyl halides is 3. The Morgan fingerprint density at radius 1 is 0.906 bits per heavy atom. The van der Waals surface area contributed by atoms with Crippen molar-refractivity contribution >= 4 is 11.8 Å². The number of benzene rings is 2. The third-order valence-electron chi connectivity index (χ3n) is 3.97. The molecule has 0 aliphatic heterocycles. The van der Waals surface area contributed by atoms with Gasteiger partial charge in [-0.05, 0) is 50.6 Å². The number of hydrogen-bond donors (Lipinski definition) is 2. The molecular formula is C22H21F5N4O. The molecule has 0 aliphatic rings. The predicted molar refractivity (Wildman–Crippen MR) is 111 cm³/mol. The van der Waals surface area contributed by atoms with E-state index in [4.69, 9.17) is 0 Å². The second-order valence-electron chi connectivity index (χ2n) is 8.04. The first-order valence-electron chi connectivity index (χ1n) is 9.59. The van der Waals surface area contributed by atoms with Crippen LogP contribution in [0.3, 0.4) is 0 Å². The summed E-state index contributed by atoms with van der Waals surface area (Å²) in [5, 5.41) is 6.08. The lowest BCUT2D eigenvalue weighted by molar-refractivity contribution is -0.274. The normalized spacial score (nSPS) is 11.9.